The van der Waals surface area contributed by atoms with Gasteiger partial charge in [0.1, 0.15) is 5.82 Å². The third-order valence-corrected chi connectivity index (χ3v) is 3.54. The fourth-order valence-electron chi connectivity index (χ4n) is 2.21. The first-order valence-electron chi connectivity index (χ1n) is 7.68. The number of hydrogen-bond donors (Lipinski definition) is 2. The Bertz CT molecular complexity index is 592. The van der Waals surface area contributed by atoms with Crippen LogP contribution in [0.1, 0.15) is 38.3 Å². The molecule has 22 heavy (non-hydrogen) atoms. The Hall–Kier alpha value is -2.14. The van der Waals surface area contributed by atoms with Crippen LogP contribution in [0.25, 0.3) is 0 Å². The van der Waals surface area contributed by atoms with Crippen molar-refractivity contribution >= 4 is 11.7 Å². The van der Waals surface area contributed by atoms with E-state index in [1.807, 2.05) is 41.1 Å². The van der Waals surface area contributed by atoms with Crippen LogP contribution in [-0.4, -0.2) is 15.7 Å². The largest absolute Gasteiger partial charge is 0.324 e. The standard InChI is InChI=1S/C17H24N4O/c1-13(2)9-11-21-16(8-10-19-21)20-17(22)12-15(18)14-6-4-3-5-7-14/h3-8,10,13,15H,9,11-12,18H2,1-2H3,(H,20,22). The van der Waals surface area contributed by atoms with Crippen LogP contribution < -0.4 is 11.1 Å². The minimum absolute atomic E-state index is 0.0948. The number of nitrogens with zero attached hydrogens (tertiary/aromatic N) is 2. The highest BCUT2D eigenvalue weighted by Crippen LogP contribution is 2.15. The molecule has 2 rings (SSSR count). The number of benzene rings is 1. The molecule has 1 amide bonds. The second-order valence-electron chi connectivity index (χ2n) is 5.89. The lowest BCUT2D eigenvalue weighted by Crippen LogP contribution is -2.22. The highest BCUT2D eigenvalue weighted by atomic mass is 16.1. The second-order valence-corrected chi connectivity index (χ2v) is 5.89. The van der Waals surface area contributed by atoms with E-state index in [1.165, 1.54) is 0 Å². The molecule has 2 aromatic rings. The Balaban J connectivity index is 1.91. The zero-order valence-corrected chi connectivity index (χ0v) is 13.2. The molecule has 1 aromatic heterocycles. The molecule has 0 aliphatic heterocycles. The van der Waals surface area contributed by atoms with Crippen molar-refractivity contribution in [2.75, 3.05) is 5.32 Å². The summed E-state index contributed by atoms with van der Waals surface area (Å²) >= 11 is 0. The zero-order valence-electron chi connectivity index (χ0n) is 13.2. The van der Waals surface area contributed by atoms with E-state index in [-0.39, 0.29) is 18.4 Å². The molecule has 0 radical (unpaired) electrons. The Labute approximate surface area is 131 Å². The maximum atomic E-state index is 12.2. The number of aromatic nitrogens is 2. The summed E-state index contributed by atoms with van der Waals surface area (Å²) in [5.41, 5.74) is 7.04. The molecule has 1 heterocycles. The molecular formula is C17H24N4O. The van der Waals surface area contributed by atoms with E-state index in [0.717, 1.165) is 24.3 Å². The number of nitrogens with one attached hydrogen (secondary N) is 1. The van der Waals surface area contributed by atoms with Crippen LogP contribution in [0.2, 0.25) is 0 Å². The number of carbonyl (C=O) groups is 1. The molecule has 1 unspecified atom stereocenters. The molecule has 5 nitrogen and oxygen atoms in total. The molecule has 1 aromatic carbocycles. The second kappa shape index (κ2) is 7.75. The molecule has 0 aliphatic rings. The third-order valence-electron chi connectivity index (χ3n) is 3.54. The van der Waals surface area contributed by atoms with E-state index in [2.05, 4.69) is 24.3 Å². The predicted molar refractivity (Wildman–Crippen MR) is 88.3 cm³/mol. The van der Waals surface area contributed by atoms with Gasteiger partial charge in [-0.05, 0) is 17.9 Å². The summed E-state index contributed by atoms with van der Waals surface area (Å²) in [5.74, 6) is 1.23. The lowest BCUT2D eigenvalue weighted by molar-refractivity contribution is -0.116. The monoisotopic (exact) mass is 300 g/mol. The lowest BCUT2D eigenvalue weighted by atomic mass is 10.0. The van der Waals surface area contributed by atoms with Gasteiger partial charge in [-0.25, -0.2) is 4.68 Å². The summed E-state index contributed by atoms with van der Waals surface area (Å²) in [4.78, 5) is 12.2. The molecule has 0 spiro atoms. The molecule has 1 atom stereocenters. The van der Waals surface area contributed by atoms with Crippen molar-refractivity contribution < 1.29 is 4.79 Å². The summed E-state index contributed by atoms with van der Waals surface area (Å²) < 4.78 is 1.83. The fraction of sp³-hybridized carbons (Fsp3) is 0.412. The van der Waals surface area contributed by atoms with E-state index in [4.69, 9.17) is 5.73 Å². The van der Waals surface area contributed by atoms with Crippen molar-refractivity contribution in [3.63, 3.8) is 0 Å². The summed E-state index contributed by atoms with van der Waals surface area (Å²) in [7, 11) is 0. The first-order chi connectivity index (χ1) is 10.6. The summed E-state index contributed by atoms with van der Waals surface area (Å²) in [6.07, 6.45) is 2.97. The molecule has 0 saturated carbocycles. The number of anilines is 1. The van der Waals surface area contributed by atoms with Gasteiger partial charge in [0.15, 0.2) is 0 Å². The zero-order chi connectivity index (χ0) is 15.9. The maximum absolute atomic E-state index is 12.2. The van der Waals surface area contributed by atoms with Gasteiger partial charge >= 0.3 is 0 Å². The minimum atomic E-state index is -0.298. The molecule has 0 saturated heterocycles. The van der Waals surface area contributed by atoms with Gasteiger partial charge in [-0.3, -0.25) is 4.79 Å². The SMILES string of the molecule is CC(C)CCn1nccc1NC(=O)CC(N)c1ccccc1. The molecule has 118 valence electrons. The summed E-state index contributed by atoms with van der Waals surface area (Å²) in [6, 6.07) is 11.2. The first-order valence-corrected chi connectivity index (χ1v) is 7.68. The Morgan fingerprint density at radius 2 is 2.00 bits per heavy atom. The summed E-state index contributed by atoms with van der Waals surface area (Å²) in [5, 5.41) is 7.15. The maximum Gasteiger partial charge on any atom is 0.227 e. The molecule has 0 bridgehead atoms. The van der Waals surface area contributed by atoms with Gasteiger partial charge in [0.25, 0.3) is 0 Å². The van der Waals surface area contributed by atoms with Crippen LogP contribution in [0, 0.1) is 5.92 Å². The average Bonchev–Trinajstić information content (AvgIpc) is 2.93. The van der Waals surface area contributed by atoms with E-state index in [1.54, 1.807) is 6.20 Å². The van der Waals surface area contributed by atoms with Gasteiger partial charge in [0, 0.05) is 25.1 Å². The number of carbonyl (C=O) groups excluding carboxylic acids is 1. The number of hydrogen-bond acceptors (Lipinski definition) is 3. The normalized spacial score (nSPS) is 12.4. The minimum Gasteiger partial charge on any atom is -0.324 e. The van der Waals surface area contributed by atoms with Gasteiger partial charge < -0.3 is 11.1 Å². The molecule has 5 heteroatoms. The Kier molecular flexibility index (Phi) is 5.72. The van der Waals surface area contributed by atoms with E-state index in [9.17, 15) is 4.79 Å². The van der Waals surface area contributed by atoms with Crippen LogP contribution in [0.3, 0.4) is 0 Å². The highest BCUT2D eigenvalue weighted by molar-refractivity contribution is 5.90. The fourth-order valence-corrected chi connectivity index (χ4v) is 2.21. The van der Waals surface area contributed by atoms with Crippen molar-refractivity contribution in [1.82, 2.24) is 9.78 Å². The average molecular weight is 300 g/mol. The van der Waals surface area contributed by atoms with Gasteiger partial charge in [-0.2, -0.15) is 5.10 Å². The highest BCUT2D eigenvalue weighted by Gasteiger charge is 2.13. The smallest absolute Gasteiger partial charge is 0.227 e. The Morgan fingerprint density at radius 3 is 2.68 bits per heavy atom. The van der Waals surface area contributed by atoms with Crippen molar-refractivity contribution in [2.24, 2.45) is 11.7 Å². The number of rotatable bonds is 7. The van der Waals surface area contributed by atoms with Crippen molar-refractivity contribution in [3.8, 4) is 0 Å². The van der Waals surface area contributed by atoms with Gasteiger partial charge in [0.2, 0.25) is 5.91 Å². The van der Waals surface area contributed by atoms with Crippen LogP contribution >= 0.6 is 0 Å². The molecule has 0 fully saturated rings. The van der Waals surface area contributed by atoms with Gasteiger partial charge in [-0.1, -0.05) is 44.2 Å². The van der Waals surface area contributed by atoms with Crippen molar-refractivity contribution in [3.05, 3.63) is 48.2 Å². The van der Waals surface area contributed by atoms with E-state index >= 15 is 0 Å². The molecule has 3 N–H and O–H groups in total. The Morgan fingerprint density at radius 1 is 1.27 bits per heavy atom. The van der Waals surface area contributed by atoms with Crippen LogP contribution in [-0.2, 0) is 11.3 Å². The number of aryl methyl sites for hydroxylation is 1. The summed E-state index contributed by atoms with van der Waals surface area (Å²) in [6.45, 7) is 5.13. The predicted octanol–water partition coefficient (Wildman–Crippen LogP) is 2.96. The van der Waals surface area contributed by atoms with E-state index in [0.29, 0.717) is 5.92 Å². The number of amides is 1. The first kappa shape index (κ1) is 16.2. The van der Waals surface area contributed by atoms with E-state index < -0.39 is 0 Å². The van der Waals surface area contributed by atoms with Crippen LogP contribution in [0.4, 0.5) is 5.82 Å². The molecular weight excluding hydrogens is 276 g/mol. The van der Waals surface area contributed by atoms with Crippen LogP contribution in [0.15, 0.2) is 42.6 Å². The molecule has 0 aliphatic carbocycles. The van der Waals surface area contributed by atoms with Crippen molar-refractivity contribution in [2.45, 2.75) is 39.3 Å². The van der Waals surface area contributed by atoms with Gasteiger partial charge in [-0.15, -0.1) is 0 Å². The van der Waals surface area contributed by atoms with Gasteiger partial charge in [0.05, 0.1) is 6.20 Å². The third kappa shape index (κ3) is 4.70. The topological polar surface area (TPSA) is 72.9 Å². The van der Waals surface area contributed by atoms with Crippen molar-refractivity contribution in [1.29, 1.82) is 0 Å². The number of nitrogens with two attached hydrogens (primary N) is 1. The van der Waals surface area contributed by atoms with Crippen LogP contribution in [0.5, 0.6) is 0 Å². The lowest BCUT2D eigenvalue weighted by Gasteiger charge is -2.13. The quantitative estimate of drug-likeness (QED) is 0.825.